The van der Waals surface area contributed by atoms with Crippen LogP contribution >= 0.6 is 0 Å². The van der Waals surface area contributed by atoms with Crippen molar-refractivity contribution in [3.05, 3.63) is 0 Å². The molecule has 1 atom stereocenters. The molecule has 4 heteroatoms. The van der Waals surface area contributed by atoms with E-state index in [1.165, 1.54) is 32.1 Å². The average molecular weight is 290 g/mol. The van der Waals surface area contributed by atoms with Gasteiger partial charge in [0.15, 0.2) is 0 Å². The van der Waals surface area contributed by atoms with Crippen molar-refractivity contribution in [3.63, 3.8) is 0 Å². The minimum atomic E-state index is 0.225. The Morgan fingerprint density at radius 3 is 1.81 bits per heavy atom. The monoisotopic (exact) mass is 290 g/mol. The third-order valence-corrected chi connectivity index (χ3v) is 5.54. The minimum Gasteiger partial charge on any atom is -0.211 e. The first-order valence-corrected chi connectivity index (χ1v) is 8.37. The largest absolute Gasteiger partial charge is 0.235 e. The molecule has 0 bridgehead atoms. The third-order valence-electron chi connectivity index (χ3n) is 5.54. The van der Waals surface area contributed by atoms with Crippen LogP contribution in [0.1, 0.15) is 64.7 Å². The zero-order valence-corrected chi connectivity index (χ0v) is 13.0. The van der Waals surface area contributed by atoms with Crippen molar-refractivity contribution in [2.24, 2.45) is 27.7 Å². The van der Waals surface area contributed by atoms with E-state index >= 15 is 0 Å². The van der Waals surface area contributed by atoms with Crippen LogP contribution in [0.4, 0.5) is 0 Å². The van der Waals surface area contributed by atoms with Gasteiger partial charge in [-0.3, -0.25) is 0 Å². The summed E-state index contributed by atoms with van der Waals surface area (Å²) >= 11 is 0. The van der Waals surface area contributed by atoms with E-state index in [1.54, 1.807) is 12.2 Å². The Hall–Kier alpha value is -1.24. The van der Waals surface area contributed by atoms with Gasteiger partial charge in [0.25, 0.3) is 0 Å². The Balaban J connectivity index is 1.71. The van der Waals surface area contributed by atoms with Crippen LogP contribution in [0.2, 0.25) is 0 Å². The summed E-state index contributed by atoms with van der Waals surface area (Å²) in [7, 11) is 0. The van der Waals surface area contributed by atoms with E-state index < -0.39 is 0 Å². The first-order valence-electron chi connectivity index (χ1n) is 8.37. The Morgan fingerprint density at radius 2 is 1.33 bits per heavy atom. The summed E-state index contributed by atoms with van der Waals surface area (Å²) in [5.41, 5.74) is 0. The van der Waals surface area contributed by atoms with Gasteiger partial charge in [0.05, 0.1) is 12.1 Å². The van der Waals surface area contributed by atoms with Crippen LogP contribution in [-0.4, -0.2) is 24.2 Å². The number of isocyanates is 2. The molecule has 0 saturated heterocycles. The van der Waals surface area contributed by atoms with Gasteiger partial charge >= 0.3 is 0 Å². The molecule has 116 valence electrons. The van der Waals surface area contributed by atoms with E-state index in [0.29, 0.717) is 0 Å². The summed E-state index contributed by atoms with van der Waals surface area (Å²) in [6, 6.07) is 0.452. The van der Waals surface area contributed by atoms with E-state index in [9.17, 15) is 9.59 Å². The van der Waals surface area contributed by atoms with Crippen LogP contribution < -0.4 is 0 Å². The van der Waals surface area contributed by atoms with Gasteiger partial charge in [0, 0.05) is 0 Å². The van der Waals surface area contributed by atoms with E-state index in [0.717, 1.165) is 43.4 Å². The van der Waals surface area contributed by atoms with Crippen molar-refractivity contribution in [1.29, 1.82) is 0 Å². The Kier molecular flexibility index (Phi) is 6.35. The van der Waals surface area contributed by atoms with E-state index in [1.807, 2.05) is 0 Å². The normalized spacial score (nSPS) is 34.3. The van der Waals surface area contributed by atoms with Crippen LogP contribution in [-0.2, 0) is 9.59 Å². The molecule has 0 heterocycles. The molecule has 0 aromatic heterocycles. The molecule has 0 N–H and O–H groups in total. The lowest BCUT2D eigenvalue weighted by Gasteiger charge is -2.34. The van der Waals surface area contributed by atoms with Crippen molar-refractivity contribution >= 4 is 12.2 Å². The maximum absolute atomic E-state index is 10.3. The van der Waals surface area contributed by atoms with Crippen LogP contribution in [0.15, 0.2) is 9.98 Å². The lowest BCUT2D eigenvalue weighted by molar-refractivity contribution is 0.191. The molecule has 0 aliphatic heterocycles. The molecule has 0 radical (unpaired) electrons. The molecule has 0 spiro atoms. The predicted octanol–water partition coefficient (Wildman–Crippen LogP) is 3.80. The van der Waals surface area contributed by atoms with Crippen LogP contribution in [0.5, 0.6) is 0 Å². The van der Waals surface area contributed by atoms with Crippen molar-refractivity contribution < 1.29 is 9.59 Å². The molecule has 2 aliphatic carbocycles. The van der Waals surface area contributed by atoms with Gasteiger partial charge in [-0.05, 0) is 75.5 Å². The number of carbonyl (C=O) groups excluding carboxylic acids is 2. The van der Waals surface area contributed by atoms with E-state index in [4.69, 9.17) is 0 Å². The van der Waals surface area contributed by atoms with Crippen molar-refractivity contribution in [2.75, 3.05) is 0 Å². The molecule has 2 saturated carbocycles. The summed E-state index contributed by atoms with van der Waals surface area (Å²) in [4.78, 5) is 28.3. The fourth-order valence-corrected chi connectivity index (χ4v) is 4.18. The van der Waals surface area contributed by atoms with E-state index in [-0.39, 0.29) is 12.1 Å². The molecular weight excluding hydrogens is 264 g/mol. The van der Waals surface area contributed by atoms with Gasteiger partial charge in [0.1, 0.15) is 0 Å². The maximum atomic E-state index is 10.3. The number of rotatable bonds is 5. The zero-order valence-electron chi connectivity index (χ0n) is 13.0. The molecule has 0 aromatic carbocycles. The highest BCUT2D eigenvalue weighted by Crippen LogP contribution is 2.37. The average Bonchev–Trinajstić information content (AvgIpc) is 2.50. The highest BCUT2D eigenvalue weighted by atomic mass is 16.1. The smallest absolute Gasteiger partial charge is 0.211 e. The SMILES string of the molecule is CC(CC1CCC(N=C=O)CC1)C1CCC(N=C=O)CC1. The second-order valence-electron chi connectivity index (χ2n) is 6.90. The summed E-state index contributed by atoms with van der Waals surface area (Å²) < 4.78 is 0. The fourth-order valence-electron chi connectivity index (χ4n) is 4.18. The molecule has 21 heavy (non-hydrogen) atoms. The van der Waals surface area contributed by atoms with Gasteiger partial charge in [-0.2, -0.15) is 0 Å². The minimum absolute atomic E-state index is 0.225. The van der Waals surface area contributed by atoms with Crippen molar-refractivity contribution in [2.45, 2.75) is 76.8 Å². The molecular formula is C17H26N2O2. The predicted molar refractivity (Wildman–Crippen MR) is 81.5 cm³/mol. The second-order valence-corrected chi connectivity index (χ2v) is 6.90. The summed E-state index contributed by atoms with van der Waals surface area (Å²) in [5.74, 6) is 2.33. The molecule has 2 fully saturated rings. The Bertz CT molecular complexity index is 409. The van der Waals surface area contributed by atoms with Gasteiger partial charge in [0.2, 0.25) is 12.2 Å². The molecule has 2 rings (SSSR count). The fraction of sp³-hybridized carbons (Fsp3) is 0.882. The van der Waals surface area contributed by atoms with E-state index in [2.05, 4.69) is 16.9 Å². The maximum Gasteiger partial charge on any atom is 0.235 e. The lowest BCUT2D eigenvalue weighted by Crippen LogP contribution is -2.25. The summed E-state index contributed by atoms with van der Waals surface area (Å²) in [6.45, 7) is 2.38. The third kappa shape index (κ3) is 4.91. The molecule has 0 amide bonds. The van der Waals surface area contributed by atoms with Crippen LogP contribution in [0.25, 0.3) is 0 Å². The quantitative estimate of drug-likeness (QED) is 0.571. The van der Waals surface area contributed by atoms with Crippen LogP contribution in [0.3, 0.4) is 0 Å². The molecule has 1 unspecified atom stereocenters. The highest BCUT2D eigenvalue weighted by molar-refractivity contribution is 5.33. The number of nitrogens with zero attached hydrogens (tertiary/aromatic N) is 2. The first-order chi connectivity index (χ1) is 10.2. The number of hydrogen-bond acceptors (Lipinski definition) is 4. The Labute approximate surface area is 127 Å². The van der Waals surface area contributed by atoms with Crippen molar-refractivity contribution in [1.82, 2.24) is 0 Å². The number of hydrogen-bond donors (Lipinski definition) is 0. The molecule has 2 aliphatic rings. The standard InChI is InChI=1S/C17H26N2O2/c1-13(15-4-8-17(9-5-15)19-12-21)10-14-2-6-16(7-3-14)18-11-20/h13-17H,2-10H2,1H3. The van der Waals surface area contributed by atoms with Crippen LogP contribution in [0, 0.1) is 17.8 Å². The van der Waals surface area contributed by atoms with Gasteiger partial charge in [-0.25, -0.2) is 19.6 Å². The summed E-state index contributed by atoms with van der Waals surface area (Å²) in [5, 5.41) is 0. The van der Waals surface area contributed by atoms with Gasteiger partial charge < -0.3 is 0 Å². The first kappa shape index (κ1) is 16.1. The topological polar surface area (TPSA) is 58.9 Å². The van der Waals surface area contributed by atoms with Crippen molar-refractivity contribution in [3.8, 4) is 0 Å². The number of aliphatic imine (C=N–C) groups is 2. The Morgan fingerprint density at radius 1 is 0.857 bits per heavy atom. The second kappa shape index (κ2) is 8.26. The lowest BCUT2D eigenvalue weighted by atomic mass is 9.73. The van der Waals surface area contributed by atoms with Gasteiger partial charge in [-0.1, -0.05) is 6.92 Å². The zero-order chi connectivity index (χ0) is 15.1. The highest BCUT2D eigenvalue weighted by Gasteiger charge is 2.28. The molecule has 4 nitrogen and oxygen atoms in total. The molecule has 0 aromatic rings. The summed E-state index contributed by atoms with van der Waals surface area (Å²) in [6.07, 6.45) is 13.7. The van der Waals surface area contributed by atoms with Gasteiger partial charge in [-0.15, -0.1) is 0 Å².